The molecule has 0 aliphatic rings. The van der Waals surface area contributed by atoms with E-state index in [0.29, 0.717) is 21.5 Å². The van der Waals surface area contributed by atoms with Gasteiger partial charge in [-0.15, -0.1) is 0 Å². The van der Waals surface area contributed by atoms with Crippen molar-refractivity contribution < 1.29 is 0 Å². The van der Waals surface area contributed by atoms with Gasteiger partial charge in [-0.2, -0.15) is 0 Å². The Labute approximate surface area is 129 Å². The lowest BCUT2D eigenvalue weighted by Crippen LogP contribution is -2.39. The lowest BCUT2D eigenvalue weighted by atomic mass is 10.4. The first-order valence-corrected chi connectivity index (χ1v) is 7.26. The van der Waals surface area contributed by atoms with Crippen LogP contribution in [0.5, 0.6) is 0 Å². The zero-order chi connectivity index (χ0) is 14.0. The van der Waals surface area contributed by atoms with E-state index in [-0.39, 0.29) is 4.99 Å². The Bertz CT molecular complexity index is 330. The maximum atomic E-state index is 5.35. The van der Waals surface area contributed by atoms with Crippen LogP contribution in [0.3, 0.4) is 0 Å². The Balaban J connectivity index is 3.60. The molecule has 0 rings (SSSR count). The first-order valence-electron chi connectivity index (χ1n) is 5.62. The summed E-state index contributed by atoms with van der Waals surface area (Å²) in [5.41, 5.74) is 5.35. The van der Waals surface area contributed by atoms with Crippen LogP contribution in [-0.2, 0) is 0 Å². The molecule has 0 bridgehead atoms. The van der Waals surface area contributed by atoms with Crippen molar-refractivity contribution in [2.24, 2.45) is 5.73 Å². The summed E-state index contributed by atoms with van der Waals surface area (Å²) in [6.45, 7) is 4.33. The molecule has 5 N–H and O–H groups in total. The first-order chi connectivity index (χ1) is 8.49. The third kappa shape index (κ3) is 8.62. The lowest BCUT2D eigenvalue weighted by molar-refractivity contribution is 0.751. The van der Waals surface area contributed by atoms with Crippen molar-refractivity contribution >= 4 is 68.8 Å². The van der Waals surface area contributed by atoms with E-state index >= 15 is 0 Å². The standard InChI is InChI=1S/C10H18N4S4/c1-2-4-12-9(17)10(18)14-6-3-5-13-8(16)7(11)15/h2-6H2,1H3,(H2,11,15)(H,12,17)(H,13,16)(H,14,18). The number of rotatable bonds is 6. The van der Waals surface area contributed by atoms with Crippen molar-refractivity contribution in [3.05, 3.63) is 0 Å². The minimum absolute atomic E-state index is 0.221. The van der Waals surface area contributed by atoms with E-state index in [1.54, 1.807) is 0 Å². The quantitative estimate of drug-likeness (QED) is 0.424. The monoisotopic (exact) mass is 322 g/mol. The summed E-state index contributed by atoms with van der Waals surface area (Å²) in [6, 6.07) is 0. The van der Waals surface area contributed by atoms with Crippen molar-refractivity contribution in [3.8, 4) is 0 Å². The molecule has 0 radical (unpaired) electrons. The van der Waals surface area contributed by atoms with Gasteiger partial charge in [0.1, 0.15) is 20.0 Å². The molecule has 0 saturated carbocycles. The van der Waals surface area contributed by atoms with Crippen LogP contribution < -0.4 is 21.7 Å². The predicted octanol–water partition coefficient (Wildman–Crippen LogP) is 0.824. The van der Waals surface area contributed by atoms with E-state index in [9.17, 15) is 0 Å². The van der Waals surface area contributed by atoms with Crippen molar-refractivity contribution in [3.63, 3.8) is 0 Å². The molecular formula is C10H18N4S4. The zero-order valence-electron chi connectivity index (χ0n) is 10.2. The molecule has 0 aromatic carbocycles. The fraction of sp³-hybridized carbons (Fsp3) is 0.600. The number of nitrogens with two attached hydrogens (primary N) is 1. The molecule has 102 valence electrons. The molecule has 4 nitrogen and oxygen atoms in total. The highest BCUT2D eigenvalue weighted by Gasteiger charge is 2.02. The van der Waals surface area contributed by atoms with E-state index in [0.717, 1.165) is 25.9 Å². The molecule has 0 unspecified atom stereocenters. The van der Waals surface area contributed by atoms with E-state index in [1.165, 1.54) is 0 Å². The summed E-state index contributed by atoms with van der Waals surface area (Å²) in [4.78, 5) is 1.82. The van der Waals surface area contributed by atoms with E-state index in [2.05, 4.69) is 22.9 Å². The molecule has 0 aliphatic heterocycles. The average Bonchev–Trinajstić information content (AvgIpc) is 2.34. The Hall–Kier alpha value is -0.440. The molecule has 0 saturated heterocycles. The van der Waals surface area contributed by atoms with Gasteiger partial charge in [-0.3, -0.25) is 0 Å². The Morgan fingerprint density at radius 2 is 1.28 bits per heavy atom. The smallest absolute Gasteiger partial charge is 0.134 e. The van der Waals surface area contributed by atoms with Crippen molar-refractivity contribution in [1.82, 2.24) is 16.0 Å². The highest BCUT2D eigenvalue weighted by atomic mass is 32.1. The maximum Gasteiger partial charge on any atom is 0.134 e. The first kappa shape index (κ1) is 17.6. The van der Waals surface area contributed by atoms with Gasteiger partial charge in [0.05, 0.1) is 0 Å². The highest BCUT2D eigenvalue weighted by molar-refractivity contribution is 7.89. The van der Waals surface area contributed by atoms with Gasteiger partial charge in [-0.25, -0.2) is 0 Å². The molecule has 0 aromatic heterocycles. The van der Waals surface area contributed by atoms with Crippen LogP contribution in [0, 0.1) is 0 Å². The topological polar surface area (TPSA) is 62.1 Å². The highest BCUT2D eigenvalue weighted by Crippen LogP contribution is 1.83. The molecule has 0 amide bonds. The third-order valence-corrected chi connectivity index (χ3v) is 3.41. The van der Waals surface area contributed by atoms with E-state index < -0.39 is 0 Å². The van der Waals surface area contributed by atoms with Crippen LogP contribution >= 0.6 is 48.9 Å². The Kier molecular flexibility index (Phi) is 10.2. The van der Waals surface area contributed by atoms with Crippen LogP contribution in [0.1, 0.15) is 19.8 Å². The third-order valence-electron chi connectivity index (χ3n) is 1.89. The SMILES string of the molecule is CCCNC(=S)C(=S)NCCCNC(=S)C(N)=S. The Morgan fingerprint density at radius 3 is 1.72 bits per heavy atom. The van der Waals surface area contributed by atoms with Crippen molar-refractivity contribution in [2.75, 3.05) is 19.6 Å². The maximum absolute atomic E-state index is 5.35. The van der Waals surface area contributed by atoms with E-state index in [4.69, 9.17) is 54.6 Å². The summed E-state index contributed by atoms with van der Waals surface area (Å²) < 4.78 is 0. The van der Waals surface area contributed by atoms with Crippen molar-refractivity contribution in [2.45, 2.75) is 19.8 Å². The van der Waals surface area contributed by atoms with Crippen LogP contribution in [0.15, 0.2) is 0 Å². The van der Waals surface area contributed by atoms with Gasteiger partial charge >= 0.3 is 0 Å². The fourth-order valence-corrected chi connectivity index (χ4v) is 1.50. The molecule has 0 spiro atoms. The predicted molar refractivity (Wildman–Crippen MR) is 93.5 cm³/mol. The van der Waals surface area contributed by atoms with Crippen LogP contribution in [0.25, 0.3) is 0 Å². The van der Waals surface area contributed by atoms with Crippen LogP contribution in [0.4, 0.5) is 0 Å². The zero-order valence-corrected chi connectivity index (χ0v) is 13.5. The largest absolute Gasteiger partial charge is 0.388 e. The molecule has 0 aromatic rings. The number of hydrogen-bond donors (Lipinski definition) is 4. The molecule has 8 heteroatoms. The number of nitrogens with one attached hydrogen (secondary N) is 3. The summed E-state index contributed by atoms with van der Waals surface area (Å²) in [7, 11) is 0. The summed E-state index contributed by atoms with van der Waals surface area (Å²) in [6.07, 6.45) is 1.86. The van der Waals surface area contributed by atoms with Crippen LogP contribution in [-0.4, -0.2) is 39.6 Å². The number of hydrogen-bond acceptors (Lipinski definition) is 4. The average molecular weight is 323 g/mol. The second kappa shape index (κ2) is 10.5. The van der Waals surface area contributed by atoms with Gasteiger partial charge in [0.15, 0.2) is 0 Å². The van der Waals surface area contributed by atoms with Gasteiger partial charge in [0, 0.05) is 19.6 Å². The molecule has 0 aliphatic carbocycles. The summed E-state index contributed by atoms with van der Waals surface area (Å²) >= 11 is 19.9. The molecule has 18 heavy (non-hydrogen) atoms. The minimum Gasteiger partial charge on any atom is -0.388 e. The van der Waals surface area contributed by atoms with Gasteiger partial charge < -0.3 is 21.7 Å². The minimum atomic E-state index is 0.221. The molecule has 0 heterocycles. The molecular weight excluding hydrogens is 304 g/mol. The normalized spacial score (nSPS) is 9.39. The summed E-state index contributed by atoms with van der Waals surface area (Å²) in [5.74, 6) is 0. The molecule has 0 atom stereocenters. The van der Waals surface area contributed by atoms with Crippen LogP contribution in [0.2, 0.25) is 0 Å². The second-order valence-electron chi connectivity index (χ2n) is 3.49. The summed E-state index contributed by atoms with van der Waals surface area (Å²) in [5, 5.41) is 9.09. The van der Waals surface area contributed by atoms with Gasteiger partial charge in [0.2, 0.25) is 0 Å². The number of thiocarbonyl (C=S) groups is 4. The van der Waals surface area contributed by atoms with Gasteiger partial charge in [-0.1, -0.05) is 55.8 Å². The fourth-order valence-electron chi connectivity index (χ4n) is 0.978. The van der Waals surface area contributed by atoms with Gasteiger partial charge in [-0.05, 0) is 12.8 Å². The lowest BCUT2D eigenvalue weighted by Gasteiger charge is -2.11. The second-order valence-corrected chi connectivity index (χ2v) is 5.15. The van der Waals surface area contributed by atoms with Crippen molar-refractivity contribution in [1.29, 1.82) is 0 Å². The molecule has 0 fully saturated rings. The van der Waals surface area contributed by atoms with Gasteiger partial charge in [0.25, 0.3) is 0 Å². The van der Waals surface area contributed by atoms with E-state index in [1.807, 2.05) is 0 Å². The Morgan fingerprint density at radius 1 is 0.833 bits per heavy atom.